The van der Waals surface area contributed by atoms with E-state index in [0.717, 1.165) is 45.9 Å². The van der Waals surface area contributed by atoms with Gasteiger partial charge in [-0.15, -0.1) is 11.3 Å². The lowest BCUT2D eigenvalue weighted by Crippen LogP contribution is -1.96. The lowest BCUT2D eigenvalue weighted by Gasteiger charge is -2.05. The predicted octanol–water partition coefficient (Wildman–Crippen LogP) is 4.04. The summed E-state index contributed by atoms with van der Waals surface area (Å²) in [6.07, 6.45) is 3.62. The van der Waals surface area contributed by atoms with E-state index in [0.29, 0.717) is 0 Å². The van der Waals surface area contributed by atoms with E-state index < -0.39 is 5.97 Å². The van der Waals surface area contributed by atoms with Gasteiger partial charge in [0.15, 0.2) is 4.96 Å². The monoisotopic (exact) mass is 342 g/mol. The molecular formula is C18H18N2O3S. The van der Waals surface area contributed by atoms with Gasteiger partial charge in [0.25, 0.3) is 0 Å². The Labute approximate surface area is 143 Å². The van der Waals surface area contributed by atoms with E-state index in [1.54, 1.807) is 24.5 Å². The molecule has 0 aliphatic carbocycles. The summed E-state index contributed by atoms with van der Waals surface area (Å²) in [6.45, 7) is 4.15. The molecule has 0 saturated carbocycles. The Bertz CT molecular complexity index is 937. The number of imidazole rings is 1. The summed E-state index contributed by atoms with van der Waals surface area (Å²) < 4.78 is 7.34. The SMILES string of the molecule is CCc1c(C)sc2nc(-c3cccc(OC)c3)c(/C=C/C(=O)O)n12. The first-order chi connectivity index (χ1) is 11.5. The van der Waals surface area contributed by atoms with Crippen molar-refractivity contribution in [1.82, 2.24) is 9.38 Å². The van der Waals surface area contributed by atoms with Crippen LogP contribution in [0.2, 0.25) is 0 Å². The number of aryl methyl sites for hydroxylation is 2. The van der Waals surface area contributed by atoms with Crippen LogP contribution >= 0.6 is 11.3 Å². The predicted molar refractivity (Wildman–Crippen MR) is 95.8 cm³/mol. The summed E-state index contributed by atoms with van der Waals surface area (Å²) in [7, 11) is 1.62. The molecule has 0 spiro atoms. The molecule has 0 radical (unpaired) electrons. The number of benzene rings is 1. The molecular weight excluding hydrogens is 324 g/mol. The van der Waals surface area contributed by atoms with Gasteiger partial charge in [-0.05, 0) is 31.6 Å². The molecule has 2 heterocycles. The molecule has 3 aromatic rings. The first-order valence-corrected chi connectivity index (χ1v) is 8.43. The van der Waals surface area contributed by atoms with Gasteiger partial charge in [0.05, 0.1) is 18.5 Å². The minimum absolute atomic E-state index is 0.740. The molecule has 0 atom stereocenters. The highest BCUT2D eigenvalue weighted by atomic mass is 32.1. The van der Waals surface area contributed by atoms with E-state index in [9.17, 15) is 4.79 Å². The third-order valence-electron chi connectivity index (χ3n) is 3.86. The van der Waals surface area contributed by atoms with Crippen molar-refractivity contribution in [3.8, 4) is 17.0 Å². The Kier molecular flexibility index (Phi) is 4.40. The zero-order chi connectivity index (χ0) is 17.3. The molecule has 3 rings (SSSR count). The molecule has 0 fully saturated rings. The zero-order valence-electron chi connectivity index (χ0n) is 13.7. The van der Waals surface area contributed by atoms with Crippen LogP contribution in [-0.2, 0) is 11.2 Å². The smallest absolute Gasteiger partial charge is 0.328 e. The number of aromatic nitrogens is 2. The first-order valence-electron chi connectivity index (χ1n) is 7.61. The third kappa shape index (κ3) is 2.80. The van der Waals surface area contributed by atoms with Crippen molar-refractivity contribution in [3.05, 3.63) is 46.6 Å². The number of hydrogen-bond acceptors (Lipinski definition) is 4. The van der Waals surface area contributed by atoms with Crippen LogP contribution in [0.15, 0.2) is 30.3 Å². The summed E-state index contributed by atoms with van der Waals surface area (Å²) in [5.41, 5.74) is 3.59. The largest absolute Gasteiger partial charge is 0.497 e. The van der Waals surface area contributed by atoms with E-state index in [1.807, 2.05) is 28.7 Å². The van der Waals surface area contributed by atoms with Gasteiger partial charge in [0.1, 0.15) is 5.75 Å². The van der Waals surface area contributed by atoms with E-state index in [4.69, 9.17) is 14.8 Å². The van der Waals surface area contributed by atoms with Crippen LogP contribution in [0.1, 0.15) is 23.2 Å². The average Bonchev–Trinajstić information content (AvgIpc) is 3.07. The number of hydrogen-bond donors (Lipinski definition) is 1. The number of fused-ring (bicyclic) bond motifs is 1. The number of methoxy groups -OCH3 is 1. The molecule has 0 amide bonds. The first kappa shape index (κ1) is 16.3. The Balaban J connectivity index is 2.28. The van der Waals surface area contributed by atoms with Crippen LogP contribution in [0, 0.1) is 6.92 Å². The highest BCUT2D eigenvalue weighted by molar-refractivity contribution is 7.17. The molecule has 1 aromatic carbocycles. The van der Waals surface area contributed by atoms with Gasteiger partial charge in [-0.25, -0.2) is 9.78 Å². The summed E-state index contributed by atoms with van der Waals surface area (Å²) in [5.74, 6) is -0.240. The number of carboxylic acids is 1. The van der Waals surface area contributed by atoms with Gasteiger partial charge in [-0.2, -0.15) is 0 Å². The number of carboxylic acid groups (broad SMARTS) is 1. The van der Waals surface area contributed by atoms with Gasteiger partial charge in [-0.1, -0.05) is 19.1 Å². The fourth-order valence-electron chi connectivity index (χ4n) is 2.79. The lowest BCUT2D eigenvalue weighted by molar-refractivity contribution is -0.131. The quantitative estimate of drug-likeness (QED) is 0.711. The van der Waals surface area contributed by atoms with E-state index >= 15 is 0 Å². The molecule has 24 heavy (non-hydrogen) atoms. The molecule has 124 valence electrons. The van der Waals surface area contributed by atoms with E-state index in [-0.39, 0.29) is 0 Å². The number of carbonyl (C=O) groups is 1. The Morgan fingerprint density at radius 1 is 1.46 bits per heavy atom. The van der Waals surface area contributed by atoms with Crippen molar-refractivity contribution in [2.24, 2.45) is 0 Å². The van der Waals surface area contributed by atoms with Crippen LogP contribution < -0.4 is 4.74 Å². The second kappa shape index (κ2) is 6.49. The second-order valence-corrected chi connectivity index (χ2v) is 6.51. The molecule has 5 nitrogen and oxygen atoms in total. The Hall–Kier alpha value is -2.60. The molecule has 0 aliphatic heterocycles. The van der Waals surface area contributed by atoms with Gasteiger partial charge in [0.2, 0.25) is 0 Å². The number of thiazole rings is 1. The van der Waals surface area contributed by atoms with Gasteiger partial charge >= 0.3 is 5.97 Å². The van der Waals surface area contributed by atoms with Crippen LogP contribution in [-0.4, -0.2) is 27.6 Å². The number of rotatable bonds is 5. The number of nitrogens with zero attached hydrogens (tertiary/aromatic N) is 2. The van der Waals surface area contributed by atoms with Crippen molar-refractivity contribution < 1.29 is 14.6 Å². The minimum Gasteiger partial charge on any atom is -0.497 e. The fourth-order valence-corrected chi connectivity index (χ4v) is 3.85. The van der Waals surface area contributed by atoms with Crippen molar-refractivity contribution in [2.45, 2.75) is 20.3 Å². The fraction of sp³-hybridized carbons (Fsp3) is 0.222. The average molecular weight is 342 g/mol. The minimum atomic E-state index is -0.980. The molecule has 6 heteroatoms. The van der Waals surface area contributed by atoms with Crippen molar-refractivity contribution >= 4 is 28.3 Å². The standard InChI is InChI=1S/C18H18N2O3S/c1-4-14-11(2)24-18-19-17(12-6-5-7-13(10-12)23-3)15(20(14)18)8-9-16(21)22/h5-10H,4H2,1-3H3,(H,21,22)/b9-8+. The summed E-state index contributed by atoms with van der Waals surface area (Å²) in [4.78, 5) is 17.8. The molecule has 0 unspecified atom stereocenters. The third-order valence-corrected chi connectivity index (χ3v) is 4.86. The maximum atomic E-state index is 11.0. The topological polar surface area (TPSA) is 63.8 Å². The maximum Gasteiger partial charge on any atom is 0.328 e. The number of ether oxygens (including phenoxy) is 1. The summed E-state index contributed by atoms with van der Waals surface area (Å²) in [5, 5.41) is 9.03. The van der Waals surface area contributed by atoms with Gasteiger partial charge < -0.3 is 9.84 Å². The molecule has 0 aliphatic rings. The lowest BCUT2D eigenvalue weighted by atomic mass is 10.1. The van der Waals surface area contributed by atoms with Crippen LogP contribution in [0.4, 0.5) is 0 Å². The highest BCUT2D eigenvalue weighted by Gasteiger charge is 2.18. The van der Waals surface area contributed by atoms with E-state index in [2.05, 4.69) is 13.8 Å². The van der Waals surface area contributed by atoms with Crippen molar-refractivity contribution in [2.75, 3.05) is 7.11 Å². The Morgan fingerprint density at radius 2 is 2.25 bits per heavy atom. The molecule has 2 aromatic heterocycles. The normalized spacial score (nSPS) is 11.5. The zero-order valence-corrected chi connectivity index (χ0v) is 14.6. The van der Waals surface area contributed by atoms with Gasteiger partial charge in [-0.3, -0.25) is 4.40 Å². The summed E-state index contributed by atoms with van der Waals surface area (Å²) >= 11 is 1.62. The Morgan fingerprint density at radius 3 is 2.92 bits per heavy atom. The molecule has 1 N–H and O–H groups in total. The van der Waals surface area contributed by atoms with E-state index in [1.165, 1.54) is 4.88 Å². The van der Waals surface area contributed by atoms with Crippen LogP contribution in [0.3, 0.4) is 0 Å². The second-order valence-electron chi connectivity index (χ2n) is 5.33. The molecule has 0 bridgehead atoms. The van der Waals surface area contributed by atoms with Crippen LogP contribution in [0.25, 0.3) is 22.3 Å². The maximum absolute atomic E-state index is 11.0. The van der Waals surface area contributed by atoms with Gasteiger partial charge in [0, 0.05) is 22.2 Å². The highest BCUT2D eigenvalue weighted by Crippen LogP contribution is 2.33. The number of aliphatic carboxylic acids is 1. The van der Waals surface area contributed by atoms with Crippen LogP contribution in [0.5, 0.6) is 5.75 Å². The summed E-state index contributed by atoms with van der Waals surface area (Å²) in [6, 6.07) is 7.63. The molecule has 0 saturated heterocycles. The van der Waals surface area contributed by atoms with Crippen molar-refractivity contribution in [3.63, 3.8) is 0 Å². The van der Waals surface area contributed by atoms with Crippen molar-refractivity contribution in [1.29, 1.82) is 0 Å².